The summed E-state index contributed by atoms with van der Waals surface area (Å²) < 4.78 is 4.36. The van der Waals surface area contributed by atoms with Crippen molar-refractivity contribution in [3.05, 3.63) is 12.0 Å². The molecule has 0 aliphatic carbocycles. The molecule has 0 atom stereocenters. The number of anilines is 1. The number of halogens is 1. The fraction of sp³-hybridized carbons (Fsp3) is 0.200. The van der Waals surface area contributed by atoms with Crippen LogP contribution < -0.4 is 5.73 Å². The zero-order chi connectivity index (χ0) is 7.56. The molecule has 5 nitrogen and oxygen atoms in total. The third-order valence-electron chi connectivity index (χ3n) is 0.974. The number of methoxy groups -OCH3 is 1. The molecule has 1 rings (SSSR count). The monoisotopic (exact) mass is 221 g/mol. The van der Waals surface area contributed by atoms with E-state index < -0.39 is 5.97 Å². The first-order chi connectivity index (χ1) is 4.74. The van der Waals surface area contributed by atoms with E-state index in [9.17, 15) is 4.79 Å². The van der Waals surface area contributed by atoms with Crippen LogP contribution >= 0.6 is 17.0 Å². The highest BCUT2D eigenvalue weighted by molar-refractivity contribution is 8.93. The maximum Gasteiger partial charge on any atom is 0.374 e. The molecule has 0 amide bonds. The first-order valence-electron chi connectivity index (χ1n) is 2.63. The molecular weight excluding hydrogens is 214 g/mol. The smallest absolute Gasteiger partial charge is 0.374 e. The normalized spacial score (nSPS) is 8.45. The van der Waals surface area contributed by atoms with Gasteiger partial charge in [0.25, 0.3) is 0 Å². The van der Waals surface area contributed by atoms with Crippen molar-refractivity contribution in [2.24, 2.45) is 0 Å². The Bertz CT molecular complexity index is 248. The van der Waals surface area contributed by atoms with Gasteiger partial charge < -0.3 is 15.5 Å². The average molecular weight is 222 g/mol. The molecule has 0 fully saturated rings. The van der Waals surface area contributed by atoms with Crippen LogP contribution in [-0.4, -0.2) is 23.0 Å². The summed E-state index contributed by atoms with van der Waals surface area (Å²) >= 11 is 0. The lowest BCUT2D eigenvalue weighted by molar-refractivity contribution is 0.0588. The van der Waals surface area contributed by atoms with Crippen LogP contribution in [0.2, 0.25) is 0 Å². The van der Waals surface area contributed by atoms with E-state index in [1.807, 2.05) is 0 Å². The third-order valence-corrected chi connectivity index (χ3v) is 0.974. The van der Waals surface area contributed by atoms with Crippen LogP contribution in [0.15, 0.2) is 6.20 Å². The number of nitrogens with two attached hydrogens (primary N) is 1. The molecule has 0 spiro atoms. The quantitative estimate of drug-likeness (QED) is 0.672. The Morgan fingerprint density at radius 2 is 2.45 bits per heavy atom. The van der Waals surface area contributed by atoms with Gasteiger partial charge in [0.05, 0.1) is 13.3 Å². The highest BCUT2D eigenvalue weighted by Crippen LogP contribution is 1.97. The second-order valence-corrected chi connectivity index (χ2v) is 1.68. The predicted molar refractivity (Wildman–Crippen MR) is 44.7 cm³/mol. The number of rotatable bonds is 1. The van der Waals surface area contributed by atoms with Gasteiger partial charge in [-0.05, 0) is 0 Å². The Hall–Kier alpha value is -1.04. The summed E-state index contributed by atoms with van der Waals surface area (Å²) in [5, 5.41) is 0. The van der Waals surface area contributed by atoms with Crippen molar-refractivity contribution in [2.75, 3.05) is 12.8 Å². The average Bonchev–Trinajstić information content (AvgIpc) is 2.34. The first kappa shape index (κ1) is 9.96. The Kier molecular flexibility index (Phi) is 3.59. The molecule has 1 heterocycles. The van der Waals surface area contributed by atoms with Crippen molar-refractivity contribution in [3.63, 3.8) is 0 Å². The number of carbonyl (C=O) groups is 1. The van der Waals surface area contributed by atoms with Crippen molar-refractivity contribution >= 4 is 28.8 Å². The van der Waals surface area contributed by atoms with Crippen LogP contribution in [-0.2, 0) is 4.74 Å². The van der Waals surface area contributed by atoms with E-state index in [0.29, 0.717) is 5.82 Å². The van der Waals surface area contributed by atoms with E-state index in [1.165, 1.54) is 13.3 Å². The van der Waals surface area contributed by atoms with Crippen LogP contribution in [0, 0.1) is 0 Å². The third kappa shape index (κ3) is 2.23. The predicted octanol–water partition coefficient (Wildman–Crippen LogP) is 0.356. The van der Waals surface area contributed by atoms with Crippen molar-refractivity contribution < 1.29 is 9.53 Å². The first-order valence-corrected chi connectivity index (χ1v) is 2.63. The fourth-order valence-electron chi connectivity index (χ4n) is 0.536. The van der Waals surface area contributed by atoms with Crippen molar-refractivity contribution in [3.8, 4) is 0 Å². The van der Waals surface area contributed by atoms with Crippen LogP contribution in [0.3, 0.4) is 0 Å². The standard InChI is InChI=1S/C5H7N3O2.BrH/c1-10-5(9)4-7-2-3(6)8-4;/h2H,6H2,1H3,(H,7,8);1H. The SMILES string of the molecule is Br.COC(=O)c1ncc(N)[nH]1. The van der Waals surface area contributed by atoms with Crippen molar-refractivity contribution in [2.45, 2.75) is 0 Å². The Labute approximate surface area is 73.7 Å². The Balaban J connectivity index is 0.000001000. The van der Waals surface area contributed by atoms with Gasteiger partial charge in [-0.2, -0.15) is 0 Å². The number of carbonyl (C=O) groups excluding carboxylic acids is 1. The zero-order valence-corrected chi connectivity index (χ0v) is 7.54. The van der Waals surface area contributed by atoms with E-state index in [4.69, 9.17) is 5.73 Å². The summed E-state index contributed by atoms with van der Waals surface area (Å²) in [5.74, 6) is -0.0444. The molecule has 1 aromatic heterocycles. The van der Waals surface area contributed by atoms with Crippen LogP contribution in [0.25, 0.3) is 0 Å². The number of hydrogen-bond donors (Lipinski definition) is 2. The maximum atomic E-state index is 10.7. The summed E-state index contributed by atoms with van der Waals surface area (Å²) in [7, 11) is 1.28. The number of nitrogens with zero attached hydrogens (tertiary/aromatic N) is 1. The van der Waals surface area contributed by atoms with E-state index in [2.05, 4.69) is 14.7 Å². The zero-order valence-electron chi connectivity index (χ0n) is 5.83. The van der Waals surface area contributed by atoms with E-state index in [-0.39, 0.29) is 22.8 Å². The summed E-state index contributed by atoms with van der Waals surface area (Å²) in [6.07, 6.45) is 1.35. The lowest BCUT2D eigenvalue weighted by Crippen LogP contribution is -2.03. The minimum absolute atomic E-state index is 0. The minimum atomic E-state index is -0.517. The van der Waals surface area contributed by atoms with Crippen LogP contribution in [0.1, 0.15) is 10.6 Å². The molecule has 0 aliphatic heterocycles. The number of aromatic nitrogens is 2. The van der Waals surface area contributed by atoms with Gasteiger partial charge >= 0.3 is 5.97 Å². The molecular formula is C5H8BrN3O2. The second-order valence-electron chi connectivity index (χ2n) is 1.68. The number of nitrogens with one attached hydrogen (secondary N) is 1. The molecule has 11 heavy (non-hydrogen) atoms. The largest absolute Gasteiger partial charge is 0.463 e. The molecule has 0 aromatic carbocycles. The molecule has 1 aromatic rings. The number of aromatic amines is 1. The van der Waals surface area contributed by atoms with Crippen molar-refractivity contribution in [1.29, 1.82) is 0 Å². The Morgan fingerprint density at radius 1 is 1.82 bits per heavy atom. The van der Waals surface area contributed by atoms with Gasteiger partial charge in [0.15, 0.2) is 0 Å². The Morgan fingerprint density at radius 3 is 2.82 bits per heavy atom. The lowest BCUT2D eigenvalue weighted by atomic mass is 10.6. The number of ether oxygens (including phenoxy) is 1. The molecule has 3 N–H and O–H groups in total. The summed E-state index contributed by atoms with van der Waals surface area (Å²) in [6.45, 7) is 0. The molecule has 0 unspecified atom stereocenters. The van der Waals surface area contributed by atoms with E-state index in [0.717, 1.165) is 0 Å². The number of imidazole rings is 1. The highest BCUT2D eigenvalue weighted by Gasteiger charge is 2.07. The molecule has 0 saturated carbocycles. The highest BCUT2D eigenvalue weighted by atomic mass is 79.9. The topological polar surface area (TPSA) is 81.0 Å². The number of H-pyrrole nitrogens is 1. The number of hydrogen-bond acceptors (Lipinski definition) is 4. The molecule has 0 bridgehead atoms. The van der Waals surface area contributed by atoms with Gasteiger partial charge in [-0.3, -0.25) is 0 Å². The number of esters is 1. The van der Waals surface area contributed by atoms with Crippen molar-refractivity contribution in [1.82, 2.24) is 9.97 Å². The number of nitrogen functional groups attached to an aromatic ring is 1. The van der Waals surface area contributed by atoms with Gasteiger partial charge in [0.2, 0.25) is 5.82 Å². The van der Waals surface area contributed by atoms with E-state index >= 15 is 0 Å². The molecule has 6 heteroatoms. The molecule has 62 valence electrons. The van der Waals surface area contributed by atoms with Gasteiger partial charge in [-0.15, -0.1) is 17.0 Å². The van der Waals surface area contributed by atoms with Gasteiger partial charge in [0, 0.05) is 0 Å². The summed E-state index contributed by atoms with van der Waals surface area (Å²) in [5.41, 5.74) is 5.25. The van der Waals surface area contributed by atoms with Crippen LogP contribution in [0.5, 0.6) is 0 Å². The second kappa shape index (κ2) is 3.97. The van der Waals surface area contributed by atoms with Crippen LogP contribution in [0.4, 0.5) is 5.82 Å². The maximum absolute atomic E-state index is 10.7. The fourth-order valence-corrected chi connectivity index (χ4v) is 0.536. The molecule has 0 saturated heterocycles. The van der Waals surface area contributed by atoms with Gasteiger partial charge in [-0.1, -0.05) is 0 Å². The summed E-state index contributed by atoms with van der Waals surface area (Å²) in [6, 6.07) is 0. The van der Waals surface area contributed by atoms with Gasteiger partial charge in [-0.25, -0.2) is 9.78 Å². The molecule has 0 aliphatic rings. The van der Waals surface area contributed by atoms with E-state index in [1.54, 1.807) is 0 Å². The van der Waals surface area contributed by atoms with Gasteiger partial charge in [0.1, 0.15) is 5.82 Å². The molecule has 0 radical (unpaired) electrons. The lowest BCUT2D eigenvalue weighted by Gasteiger charge is -1.90. The summed E-state index contributed by atoms with van der Waals surface area (Å²) in [4.78, 5) is 16.8. The minimum Gasteiger partial charge on any atom is -0.463 e.